The van der Waals surface area contributed by atoms with Gasteiger partial charge in [0.25, 0.3) is 0 Å². The first-order chi connectivity index (χ1) is 11.1. The molecule has 3 saturated carbocycles. The first kappa shape index (κ1) is 15.5. The maximum absolute atomic E-state index is 10.9. The Morgan fingerprint density at radius 1 is 0.957 bits per heavy atom. The summed E-state index contributed by atoms with van der Waals surface area (Å²) in [5.41, 5.74) is 0.482. The monoisotopic (exact) mass is 315 g/mol. The molecule has 1 heterocycles. The Morgan fingerprint density at radius 3 is 2.09 bits per heavy atom. The minimum atomic E-state index is -0.660. The average Bonchev–Trinajstić information content (AvgIpc) is 2.60. The number of likely N-dealkylation sites (tertiary alicyclic amines) is 1. The van der Waals surface area contributed by atoms with Gasteiger partial charge in [0, 0.05) is 13.1 Å². The highest BCUT2D eigenvalue weighted by Crippen LogP contribution is 2.46. The summed E-state index contributed by atoms with van der Waals surface area (Å²) in [5.74, 6) is 1.94. The van der Waals surface area contributed by atoms with Crippen LogP contribution in [-0.2, 0) is 5.60 Å². The summed E-state index contributed by atoms with van der Waals surface area (Å²) in [6, 6.07) is 8.29. The molecule has 0 atom stereocenters. The largest absolute Gasteiger partial charge is 0.487 e. The Balaban J connectivity index is 1.46. The summed E-state index contributed by atoms with van der Waals surface area (Å²) in [7, 11) is 2.12. The van der Waals surface area contributed by atoms with E-state index in [1.807, 2.05) is 0 Å². The zero-order valence-corrected chi connectivity index (χ0v) is 14.3. The van der Waals surface area contributed by atoms with Crippen molar-refractivity contribution < 1.29 is 9.84 Å². The number of hydrogen-bond acceptors (Lipinski definition) is 3. The van der Waals surface area contributed by atoms with Crippen LogP contribution in [0.1, 0.15) is 56.9 Å². The van der Waals surface area contributed by atoms with Gasteiger partial charge in [0.2, 0.25) is 0 Å². The van der Waals surface area contributed by atoms with E-state index in [4.69, 9.17) is 4.74 Å². The van der Waals surface area contributed by atoms with Crippen molar-refractivity contribution in [3.63, 3.8) is 0 Å². The number of aliphatic hydroxyl groups is 1. The van der Waals surface area contributed by atoms with Gasteiger partial charge in [-0.15, -0.1) is 0 Å². The zero-order chi connectivity index (χ0) is 15.9. The fourth-order valence-electron chi connectivity index (χ4n) is 4.72. The molecular weight excluding hydrogens is 286 g/mol. The molecule has 0 radical (unpaired) electrons. The Kier molecular flexibility index (Phi) is 3.89. The van der Waals surface area contributed by atoms with Crippen LogP contribution in [0.2, 0.25) is 0 Å². The Morgan fingerprint density at radius 2 is 1.52 bits per heavy atom. The molecule has 3 nitrogen and oxygen atoms in total. The second-order valence-corrected chi connectivity index (χ2v) is 8.13. The zero-order valence-electron chi connectivity index (χ0n) is 14.3. The Labute approximate surface area is 139 Å². The molecule has 0 amide bonds. The number of hydrogen-bond donors (Lipinski definition) is 1. The molecule has 3 heteroatoms. The summed E-state index contributed by atoms with van der Waals surface area (Å²) in [5, 5.41) is 10.9. The van der Waals surface area contributed by atoms with Gasteiger partial charge in [-0.2, -0.15) is 0 Å². The highest BCUT2D eigenvalue weighted by atomic mass is 16.5. The molecule has 2 bridgehead atoms. The number of fused-ring (bicyclic) bond motifs is 3. The molecule has 1 aromatic rings. The minimum absolute atomic E-state index is 0.0979. The first-order valence-corrected chi connectivity index (χ1v) is 9.28. The normalized spacial score (nSPS) is 33.6. The van der Waals surface area contributed by atoms with Crippen molar-refractivity contribution in [1.82, 2.24) is 4.90 Å². The molecule has 0 unspecified atom stereocenters. The molecule has 4 aliphatic rings. The van der Waals surface area contributed by atoms with Crippen LogP contribution in [-0.4, -0.2) is 35.7 Å². The predicted octanol–water partition coefficient (Wildman–Crippen LogP) is 3.70. The lowest BCUT2D eigenvalue weighted by molar-refractivity contribution is -0.0327. The van der Waals surface area contributed by atoms with Crippen LogP contribution in [0, 0.1) is 5.92 Å². The van der Waals surface area contributed by atoms with Gasteiger partial charge in [-0.3, -0.25) is 0 Å². The van der Waals surface area contributed by atoms with E-state index in [9.17, 15) is 5.11 Å². The molecule has 23 heavy (non-hydrogen) atoms. The van der Waals surface area contributed by atoms with Crippen LogP contribution in [0.3, 0.4) is 0 Å². The van der Waals surface area contributed by atoms with E-state index in [0.29, 0.717) is 0 Å². The van der Waals surface area contributed by atoms with Crippen molar-refractivity contribution in [2.75, 3.05) is 20.1 Å². The van der Waals surface area contributed by atoms with Gasteiger partial charge in [0.1, 0.15) is 11.4 Å². The molecule has 0 spiro atoms. The summed E-state index contributed by atoms with van der Waals surface area (Å²) in [6.45, 7) is 1.91. The molecule has 1 aromatic carbocycles. The number of nitrogens with zero attached hydrogens (tertiary/aromatic N) is 1. The lowest BCUT2D eigenvalue weighted by Gasteiger charge is -2.46. The smallest absolute Gasteiger partial charge is 0.120 e. The highest BCUT2D eigenvalue weighted by molar-refractivity contribution is 5.32. The van der Waals surface area contributed by atoms with Crippen LogP contribution >= 0.6 is 0 Å². The standard InChI is InChI=1S/C20H29NO2/c1-21-14-12-20(22,13-15-21)17-2-4-18(5-3-17)23-19-9-6-16(7-10-19)8-11-19/h2-5,16,22H,6-15H2,1H3. The van der Waals surface area contributed by atoms with E-state index in [-0.39, 0.29) is 5.60 Å². The predicted molar refractivity (Wildman–Crippen MR) is 91.6 cm³/mol. The molecule has 126 valence electrons. The topological polar surface area (TPSA) is 32.7 Å². The Bertz CT molecular complexity index is 523. The second kappa shape index (κ2) is 5.78. The number of rotatable bonds is 3. The van der Waals surface area contributed by atoms with E-state index >= 15 is 0 Å². The lowest BCUT2D eigenvalue weighted by atomic mass is 9.68. The van der Waals surface area contributed by atoms with E-state index in [0.717, 1.165) is 43.2 Å². The second-order valence-electron chi connectivity index (χ2n) is 8.13. The van der Waals surface area contributed by atoms with Crippen LogP contribution in [0.5, 0.6) is 5.75 Å². The Hall–Kier alpha value is -1.06. The molecule has 0 aromatic heterocycles. The third-order valence-corrected chi connectivity index (χ3v) is 6.56. The van der Waals surface area contributed by atoms with Crippen LogP contribution < -0.4 is 4.74 Å². The summed E-state index contributed by atoms with van der Waals surface area (Å²) >= 11 is 0. The minimum Gasteiger partial charge on any atom is -0.487 e. The molecule has 1 aliphatic heterocycles. The summed E-state index contributed by atoms with van der Waals surface area (Å²) < 4.78 is 6.43. The van der Waals surface area contributed by atoms with Crippen molar-refractivity contribution >= 4 is 0 Å². The molecule has 1 N–H and O–H groups in total. The molecule has 3 aliphatic carbocycles. The van der Waals surface area contributed by atoms with Crippen LogP contribution in [0.15, 0.2) is 24.3 Å². The third-order valence-electron chi connectivity index (χ3n) is 6.56. The van der Waals surface area contributed by atoms with Crippen molar-refractivity contribution in [3.05, 3.63) is 29.8 Å². The van der Waals surface area contributed by atoms with Crippen LogP contribution in [0.25, 0.3) is 0 Å². The molecule has 1 saturated heterocycles. The van der Waals surface area contributed by atoms with Gasteiger partial charge in [0.15, 0.2) is 0 Å². The van der Waals surface area contributed by atoms with Crippen molar-refractivity contribution in [2.24, 2.45) is 5.92 Å². The van der Waals surface area contributed by atoms with Gasteiger partial charge in [-0.25, -0.2) is 0 Å². The lowest BCUT2D eigenvalue weighted by Crippen LogP contribution is -2.44. The van der Waals surface area contributed by atoms with Crippen LogP contribution in [0.4, 0.5) is 0 Å². The fourth-order valence-corrected chi connectivity index (χ4v) is 4.72. The molecular formula is C20H29NO2. The summed E-state index contributed by atoms with van der Waals surface area (Å²) in [6.07, 6.45) is 9.30. The van der Waals surface area contributed by atoms with Gasteiger partial charge < -0.3 is 14.7 Å². The first-order valence-electron chi connectivity index (χ1n) is 9.28. The van der Waals surface area contributed by atoms with Gasteiger partial charge in [-0.05, 0) is 82.0 Å². The van der Waals surface area contributed by atoms with Gasteiger partial charge >= 0.3 is 0 Å². The molecule has 5 rings (SSSR count). The van der Waals surface area contributed by atoms with E-state index < -0.39 is 5.60 Å². The third kappa shape index (κ3) is 3.01. The van der Waals surface area contributed by atoms with Gasteiger partial charge in [-0.1, -0.05) is 12.1 Å². The molecule has 4 fully saturated rings. The van der Waals surface area contributed by atoms with Crippen molar-refractivity contribution in [1.29, 1.82) is 0 Å². The maximum atomic E-state index is 10.9. The van der Waals surface area contributed by atoms with Gasteiger partial charge in [0.05, 0.1) is 5.60 Å². The fraction of sp³-hybridized carbons (Fsp3) is 0.700. The summed E-state index contributed by atoms with van der Waals surface area (Å²) in [4.78, 5) is 2.28. The quantitative estimate of drug-likeness (QED) is 0.923. The van der Waals surface area contributed by atoms with Crippen molar-refractivity contribution in [2.45, 2.75) is 62.6 Å². The number of piperidine rings is 1. The van der Waals surface area contributed by atoms with E-state index in [2.05, 4.69) is 36.2 Å². The van der Waals surface area contributed by atoms with E-state index in [1.165, 1.54) is 38.5 Å². The SMILES string of the molecule is CN1CCC(O)(c2ccc(OC34CCC(CC3)CC4)cc2)CC1. The number of benzene rings is 1. The maximum Gasteiger partial charge on any atom is 0.120 e. The van der Waals surface area contributed by atoms with Crippen molar-refractivity contribution in [3.8, 4) is 5.75 Å². The average molecular weight is 315 g/mol. The number of ether oxygens (including phenoxy) is 1. The highest BCUT2D eigenvalue weighted by Gasteiger charge is 2.42. The van der Waals surface area contributed by atoms with E-state index in [1.54, 1.807) is 0 Å².